The van der Waals surface area contributed by atoms with Gasteiger partial charge in [-0.25, -0.2) is 0 Å². The molecule has 1 aliphatic rings. The number of hydrogen-bond acceptors (Lipinski definition) is 3. The van der Waals surface area contributed by atoms with Crippen molar-refractivity contribution in [1.29, 1.82) is 0 Å². The number of ether oxygens (including phenoxy) is 2. The first-order valence-electron chi connectivity index (χ1n) is 7.10. The molecule has 0 spiro atoms. The summed E-state index contributed by atoms with van der Waals surface area (Å²) in [5.74, 6) is 1.66. The molecule has 0 saturated carbocycles. The average molecular weight is 338 g/mol. The number of hydrogen-bond donors (Lipinski definition) is 1. The summed E-state index contributed by atoms with van der Waals surface area (Å²) >= 11 is 12.5. The third-order valence-corrected chi connectivity index (χ3v) is 4.60. The fourth-order valence-corrected chi connectivity index (χ4v) is 3.18. The monoisotopic (exact) mass is 337 g/mol. The van der Waals surface area contributed by atoms with Gasteiger partial charge in [-0.15, -0.1) is 0 Å². The maximum Gasteiger partial charge on any atom is 0.131 e. The van der Waals surface area contributed by atoms with Crippen LogP contribution < -0.4 is 14.8 Å². The molecule has 22 heavy (non-hydrogen) atoms. The van der Waals surface area contributed by atoms with Crippen molar-refractivity contribution in [3.05, 3.63) is 45.9 Å². The molecular weight excluding hydrogens is 321 g/mol. The lowest BCUT2D eigenvalue weighted by atomic mass is 10.00. The molecule has 1 N–H and O–H groups in total. The molecule has 3 rings (SSSR count). The van der Waals surface area contributed by atoms with Crippen LogP contribution in [0.4, 0.5) is 0 Å². The van der Waals surface area contributed by atoms with Gasteiger partial charge in [0.2, 0.25) is 0 Å². The number of fused-ring (bicyclic) bond motifs is 1. The van der Waals surface area contributed by atoms with E-state index in [2.05, 4.69) is 5.32 Å². The molecule has 5 heteroatoms. The zero-order chi connectivity index (χ0) is 15.7. The van der Waals surface area contributed by atoms with Gasteiger partial charge in [0.25, 0.3) is 0 Å². The van der Waals surface area contributed by atoms with Crippen LogP contribution in [0.5, 0.6) is 11.5 Å². The predicted octanol–water partition coefficient (Wildman–Crippen LogP) is 4.19. The van der Waals surface area contributed by atoms with Gasteiger partial charge in [0, 0.05) is 29.7 Å². The van der Waals surface area contributed by atoms with Crippen molar-refractivity contribution in [3.63, 3.8) is 0 Å². The molecule has 116 valence electrons. The van der Waals surface area contributed by atoms with Gasteiger partial charge in [-0.3, -0.25) is 0 Å². The summed E-state index contributed by atoms with van der Waals surface area (Å²) in [5.41, 5.74) is 2.90. The minimum Gasteiger partial charge on any atom is -0.497 e. The first kappa shape index (κ1) is 15.5. The fourth-order valence-electron chi connectivity index (χ4n) is 2.78. The van der Waals surface area contributed by atoms with Gasteiger partial charge in [-0.05, 0) is 25.2 Å². The Balaban J connectivity index is 2.12. The molecule has 1 heterocycles. The van der Waals surface area contributed by atoms with E-state index >= 15 is 0 Å². The minimum atomic E-state index is 0.115. The van der Waals surface area contributed by atoms with Crippen LogP contribution in [-0.4, -0.2) is 26.8 Å². The van der Waals surface area contributed by atoms with Gasteiger partial charge in [-0.1, -0.05) is 35.3 Å². The highest BCUT2D eigenvalue weighted by molar-refractivity contribution is 6.43. The second kappa shape index (κ2) is 6.37. The predicted molar refractivity (Wildman–Crippen MR) is 90.5 cm³/mol. The maximum atomic E-state index is 6.38. The zero-order valence-electron chi connectivity index (χ0n) is 12.5. The van der Waals surface area contributed by atoms with Crippen molar-refractivity contribution >= 4 is 23.2 Å². The highest BCUT2D eigenvalue weighted by Gasteiger charge is 2.27. The van der Waals surface area contributed by atoms with E-state index in [9.17, 15) is 0 Å². The van der Waals surface area contributed by atoms with Crippen LogP contribution >= 0.6 is 23.2 Å². The second-order valence-corrected chi connectivity index (χ2v) is 6.05. The van der Waals surface area contributed by atoms with E-state index in [1.54, 1.807) is 13.2 Å². The molecule has 0 bridgehead atoms. The normalized spacial score (nSPS) is 16.3. The molecule has 2 aromatic rings. The summed E-state index contributed by atoms with van der Waals surface area (Å²) in [6.07, 6.45) is 0.960. The summed E-state index contributed by atoms with van der Waals surface area (Å²) in [5, 5.41) is 4.21. The van der Waals surface area contributed by atoms with Gasteiger partial charge in [0.05, 0.1) is 17.2 Å². The Morgan fingerprint density at radius 1 is 1.27 bits per heavy atom. The van der Waals surface area contributed by atoms with Crippen LogP contribution in [0.2, 0.25) is 10.0 Å². The van der Waals surface area contributed by atoms with Crippen molar-refractivity contribution < 1.29 is 9.47 Å². The van der Waals surface area contributed by atoms with Crippen molar-refractivity contribution in [3.8, 4) is 22.6 Å². The molecule has 2 aromatic carbocycles. The Morgan fingerprint density at radius 3 is 2.82 bits per heavy atom. The number of halogens is 2. The molecule has 0 aromatic heterocycles. The van der Waals surface area contributed by atoms with E-state index in [0.29, 0.717) is 10.0 Å². The molecule has 1 atom stereocenters. The van der Waals surface area contributed by atoms with Crippen LogP contribution in [0.3, 0.4) is 0 Å². The van der Waals surface area contributed by atoms with Gasteiger partial charge in [0.15, 0.2) is 0 Å². The van der Waals surface area contributed by atoms with Crippen LogP contribution in [0.15, 0.2) is 30.3 Å². The van der Waals surface area contributed by atoms with Crippen LogP contribution in [0, 0.1) is 0 Å². The van der Waals surface area contributed by atoms with Gasteiger partial charge < -0.3 is 14.8 Å². The summed E-state index contributed by atoms with van der Waals surface area (Å²) in [7, 11) is 3.58. The Labute approximate surface area is 140 Å². The summed E-state index contributed by atoms with van der Waals surface area (Å²) < 4.78 is 11.5. The summed E-state index contributed by atoms with van der Waals surface area (Å²) in [6.45, 7) is 0.791. The molecule has 0 saturated heterocycles. The topological polar surface area (TPSA) is 30.5 Å². The highest BCUT2D eigenvalue weighted by atomic mass is 35.5. The molecule has 3 nitrogen and oxygen atoms in total. The molecule has 0 amide bonds. The van der Waals surface area contributed by atoms with E-state index in [1.165, 1.54) is 0 Å². The lowest BCUT2D eigenvalue weighted by molar-refractivity contribution is 0.232. The van der Waals surface area contributed by atoms with Crippen molar-refractivity contribution in [2.75, 3.05) is 20.7 Å². The first-order chi connectivity index (χ1) is 10.6. The van der Waals surface area contributed by atoms with Gasteiger partial charge in [-0.2, -0.15) is 0 Å². The average Bonchev–Trinajstić information content (AvgIpc) is 2.92. The SMILES string of the molecule is CNCC1Cc2cc(OC)cc(-c3cccc(Cl)c3Cl)c2O1. The molecule has 1 unspecified atom stereocenters. The van der Waals surface area contributed by atoms with Crippen molar-refractivity contribution in [1.82, 2.24) is 5.32 Å². The zero-order valence-corrected chi connectivity index (χ0v) is 14.0. The Kier molecular flexibility index (Phi) is 4.48. The lowest BCUT2D eigenvalue weighted by Crippen LogP contribution is -2.27. The minimum absolute atomic E-state index is 0.115. The number of benzene rings is 2. The second-order valence-electron chi connectivity index (χ2n) is 5.27. The fraction of sp³-hybridized carbons (Fsp3) is 0.294. The lowest BCUT2D eigenvalue weighted by Gasteiger charge is -2.14. The number of methoxy groups -OCH3 is 1. The Hall–Kier alpha value is -1.42. The largest absolute Gasteiger partial charge is 0.497 e. The molecule has 0 fully saturated rings. The van der Waals surface area contributed by atoms with Crippen LogP contribution in [-0.2, 0) is 6.42 Å². The van der Waals surface area contributed by atoms with E-state index in [0.717, 1.165) is 41.2 Å². The quantitative estimate of drug-likeness (QED) is 0.907. The number of likely N-dealkylation sites (N-methyl/N-ethyl adjacent to an activating group) is 1. The third-order valence-electron chi connectivity index (χ3n) is 3.78. The van der Waals surface area contributed by atoms with E-state index in [-0.39, 0.29) is 6.10 Å². The summed E-state index contributed by atoms with van der Waals surface area (Å²) in [4.78, 5) is 0. The van der Waals surface area contributed by atoms with Crippen molar-refractivity contribution in [2.24, 2.45) is 0 Å². The first-order valence-corrected chi connectivity index (χ1v) is 7.86. The number of rotatable bonds is 4. The Morgan fingerprint density at radius 2 is 2.09 bits per heavy atom. The van der Waals surface area contributed by atoms with E-state index < -0.39 is 0 Å². The molecule has 1 aliphatic heterocycles. The summed E-state index contributed by atoms with van der Waals surface area (Å²) in [6, 6.07) is 9.57. The molecular formula is C17H17Cl2NO2. The van der Waals surface area contributed by atoms with Gasteiger partial charge in [0.1, 0.15) is 17.6 Å². The van der Waals surface area contributed by atoms with Crippen LogP contribution in [0.25, 0.3) is 11.1 Å². The Bertz CT molecular complexity index is 703. The maximum absolute atomic E-state index is 6.38. The number of nitrogens with one attached hydrogen (secondary N) is 1. The van der Waals surface area contributed by atoms with E-state index in [1.807, 2.05) is 31.3 Å². The van der Waals surface area contributed by atoms with Crippen LogP contribution in [0.1, 0.15) is 5.56 Å². The third kappa shape index (κ3) is 2.76. The smallest absolute Gasteiger partial charge is 0.131 e. The van der Waals surface area contributed by atoms with Crippen molar-refractivity contribution in [2.45, 2.75) is 12.5 Å². The highest BCUT2D eigenvalue weighted by Crippen LogP contribution is 2.45. The molecule has 0 radical (unpaired) electrons. The van der Waals surface area contributed by atoms with Gasteiger partial charge >= 0.3 is 0 Å². The van der Waals surface area contributed by atoms with E-state index in [4.69, 9.17) is 32.7 Å². The standard InChI is InChI=1S/C17H17Cl2NO2/c1-20-9-12-7-10-6-11(21-2)8-14(17(10)22-12)13-4-3-5-15(18)16(13)19/h3-6,8,12,20H,7,9H2,1-2H3. The molecule has 0 aliphatic carbocycles.